The summed E-state index contributed by atoms with van der Waals surface area (Å²) in [5, 5.41) is 15.3. The molecular formula is C56H34Cl7MnN4O3. The molecule has 0 radical (unpaired) electrons. The third-order valence-corrected chi connectivity index (χ3v) is 14.4. The van der Waals surface area contributed by atoms with Gasteiger partial charge in [0.05, 0.1) is 40.4 Å². The molecule has 5 aromatic carbocycles. The number of fused-ring (bicyclic) bond motifs is 8. The Balaban J connectivity index is 0.00000624. The fraction of sp³-hybridized carbons (Fsp3) is 0.0893. The van der Waals surface area contributed by atoms with Gasteiger partial charge in [0.15, 0.2) is 0 Å². The van der Waals surface area contributed by atoms with Crippen LogP contribution in [0, 0.1) is 0 Å². The van der Waals surface area contributed by atoms with Crippen LogP contribution in [0.1, 0.15) is 48.1 Å². The number of aliphatic carboxylic acids is 1. The van der Waals surface area contributed by atoms with E-state index in [1.165, 1.54) is 0 Å². The number of carbonyl (C=O) groups excluding carboxylic acids is 1. The van der Waals surface area contributed by atoms with E-state index in [-0.39, 0.29) is 30.1 Å². The fourth-order valence-corrected chi connectivity index (χ4v) is 10.9. The Morgan fingerprint density at radius 2 is 0.930 bits per heavy atom. The van der Waals surface area contributed by atoms with Gasteiger partial charge in [0, 0.05) is 52.2 Å². The molecule has 8 aromatic rings. The van der Waals surface area contributed by atoms with Gasteiger partial charge >= 0.3 is 17.1 Å². The summed E-state index contributed by atoms with van der Waals surface area (Å²) >= 11 is 48.7. The molecule has 1 atom stereocenters. The van der Waals surface area contributed by atoms with Crippen molar-refractivity contribution in [1.29, 1.82) is 0 Å². The molecular weight excluding hydrogens is 1080 g/mol. The summed E-state index contributed by atoms with van der Waals surface area (Å²) in [6.07, 6.45) is 8.14. The summed E-state index contributed by atoms with van der Waals surface area (Å²) in [5.41, 5.74) is 8.02. The third kappa shape index (κ3) is 9.79. The van der Waals surface area contributed by atoms with E-state index in [2.05, 4.69) is 0 Å². The summed E-state index contributed by atoms with van der Waals surface area (Å²) in [4.78, 5) is 33.8. The molecule has 0 N–H and O–H groups in total. The van der Waals surface area contributed by atoms with Gasteiger partial charge in [-0.25, -0.2) is 9.97 Å². The Kier molecular flexibility index (Phi) is 14.9. The van der Waals surface area contributed by atoms with Crippen LogP contribution in [0.4, 0.5) is 0 Å². The summed E-state index contributed by atoms with van der Waals surface area (Å²) in [5.74, 6) is -0.744. The maximum Gasteiger partial charge on any atom is 3.00 e. The van der Waals surface area contributed by atoms with Crippen LogP contribution < -0.4 is 19.8 Å². The van der Waals surface area contributed by atoms with Crippen molar-refractivity contribution in [1.82, 2.24) is 19.9 Å². The normalized spacial score (nSPS) is 12.7. The number of rotatable bonds is 11. The van der Waals surface area contributed by atoms with Crippen LogP contribution >= 0.6 is 81.2 Å². The Morgan fingerprint density at radius 1 is 0.521 bits per heavy atom. The van der Waals surface area contributed by atoms with Crippen molar-refractivity contribution >= 4 is 134 Å². The van der Waals surface area contributed by atoms with Gasteiger partial charge in [-0.15, -0.1) is 22.1 Å². The molecule has 71 heavy (non-hydrogen) atoms. The van der Waals surface area contributed by atoms with Crippen LogP contribution in [0.15, 0.2) is 127 Å². The molecule has 352 valence electrons. The van der Waals surface area contributed by atoms with Gasteiger partial charge < -0.3 is 24.6 Å². The quantitative estimate of drug-likeness (QED) is 0.0939. The van der Waals surface area contributed by atoms with Crippen LogP contribution in [0.3, 0.4) is 0 Å². The Bertz CT molecular complexity index is 3610. The number of ether oxygens (including phenoxy) is 1. The first-order valence-corrected chi connectivity index (χ1v) is 24.5. The molecule has 7 nitrogen and oxygen atoms in total. The average Bonchev–Trinajstić information content (AvgIpc) is 4.18. The zero-order valence-corrected chi connectivity index (χ0v) is 43.6. The first kappa shape index (κ1) is 50.5. The van der Waals surface area contributed by atoms with E-state index in [0.717, 1.165) is 0 Å². The summed E-state index contributed by atoms with van der Waals surface area (Å²) in [6.45, 7) is 1.82. The molecule has 0 saturated heterocycles. The summed E-state index contributed by atoms with van der Waals surface area (Å²) < 4.78 is 6.57. The molecule has 0 aliphatic carbocycles. The van der Waals surface area contributed by atoms with Crippen molar-refractivity contribution < 1.29 is 31.7 Å². The van der Waals surface area contributed by atoms with E-state index in [1.807, 2.05) is 72.8 Å². The largest absolute Gasteiger partial charge is 3.00 e. The van der Waals surface area contributed by atoms with Crippen molar-refractivity contribution in [3.05, 3.63) is 191 Å². The van der Waals surface area contributed by atoms with Gasteiger partial charge in [0.1, 0.15) is 5.75 Å². The molecule has 1 unspecified atom stereocenters. The Hall–Kier alpha value is -5.48. The predicted molar refractivity (Wildman–Crippen MR) is 287 cm³/mol. The predicted octanol–water partition coefficient (Wildman–Crippen LogP) is 16.0. The maximum atomic E-state index is 12.6. The van der Waals surface area contributed by atoms with Crippen molar-refractivity contribution in [3.63, 3.8) is 0 Å². The van der Waals surface area contributed by atoms with Gasteiger partial charge in [-0.3, -0.25) is 0 Å². The monoisotopic (exact) mass is 1110 g/mol. The number of aromatic nitrogens is 4. The minimum atomic E-state index is -1.25. The number of nitrogens with zero attached hydrogens (tertiary/aromatic N) is 4. The second-order valence-electron chi connectivity index (χ2n) is 16.8. The van der Waals surface area contributed by atoms with Crippen LogP contribution in [0.2, 0.25) is 35.2 Å². The first-order chi connectivity index (χ1) is 33.8. The van der Waals surface area contributed by atoms with Gasteiger partial charge in [-0.05, 0) is 125 Å². The zero-order valence-electron chi connectivity index (χ0n) is 37.1. The number of halogens is 7. The minimum Gasteiger partial charge on any atom is -0.657 e. The first-order valence-electron chi connectivity index (χ1n) is 21.9. The number of carbonyl (C=O) groups is 1. The van der Waals surface area contributed by atoms with E-state index < -0.39 is 11.4 Å². The molecule has 2 aliphatic heterocycles. The van der Waals surface area contributed by atoms with Gasteiger partial charge in [-0.1, -0.05) is 161 Å². The van der Waals surface area contributed by atoms with E-state index in [0.29, 0.717) is 142 Å². The minimum absolute atomic E-state index is 0. The smallest absolute Gasteiger partial charge is 0.657 e. The van der Waals surface area contributed by atoms with Gasteiger partial charge in [0.2, 0.25) is 0 Å². The summed E-state index contributed by atoms with van der Waals surface area (Å²) in [6, 6.07) is 37.8. The number of benzene rings is 5. The van der Waals surface area contributed by atoms with E-state index in [9.17, 15) is 9.90 Å². The Labute approximate surface area is 454 Å². The van der Waals surface area contributed by atoms with Gasteiger partial charge in [0.25, 0.3) is 0 Å². The van der Waals surface area contributed by atoms with E-state index in [4.69, 9.17) is 106 Å². The fourth-order valence-electron chi connectivity index (χ4n) is 8.97. The standard InChI is InChI=1S/C56H36Cl7N4O3.Mn/c1-56(55(68)69,31-9-3-2-4-10-31)25-8-26-70-47-16-7-15-38(63)51(47)54-45-20-18-40(65-45)48(30-27-32(57)29-33(58)28-30)39-17-19-41(64-39)52(49-34(59)11-5-12-35(49)60)42-21-22-43(66-42)53(44-23-24-46(54)67-44)50-36(61)13-6-14-37(50)62;/h2-7,9-24,27-29H,8,25-26H2,1H3,(H2-,64,65,66,67,68,69);/q-1;+3/p-2. The number of carboxylic acid groups (broad SMARTS) is 1. The van der Waals surface area contributed by atoms with Crippen LogP contribution in [0.25, 0.3) is 90.9 Å². The zero-order chi connectivity index (χ0) is 48.8. The topological polar surface area (TPSA) is 103 Å². The molecule has 5 heterocycles. The number of hydrogen-bond donors (Lipinski definition) is 0. The molecule has 15 heteroatoms. The molecule has 0 spiro atoms. The molecule has 8 bridgehead atoms. The van der Waals surface area contributed by atoms with Crippen LogP contribution in [0.5, 0.6) is 5.75 Å². The van der Waals surface area contributed by atoms with Crippen LogP contribution in [-0.4, -0.2) is 22.5 Å². The number of hydrogen-bond acceptors (Lipinski definition) is 5. The molecule has 2 aliphatic rings. The molecule has 0 saturated carbocycles. The summed E-state index contributed by atoms with van der Waals surface area (Å²) in [7, 11) is 0. The maximum absolute atomic E-state index is 12.6. The Morgan fingerprint density at radius 3 is 1.39 bits per heavy atom. The average molecular weight is 1110 g/mol. The SMILES string of the molecule is CC(CCCOc1cccc(Cl)c1-c1c2nc(c(-c3cc(Cl)cc(Cl)c3)c3ccc([n-]3)c(-c3c(Cl)cccc3Cl)c3nc(c(-c4c(Cl)cccc4Cl)c4ccc1[n-]4)C=C3)C=C2)(C(=O)[O-])c1ccccc1.[Mn+3]. The third-order valence-electron chi connectivity index (χ3n) is 12.4. The van der Waals surface area contributed by atoms with E-state index >= 15 is 0 Å². The van der Waals surface area contributed by atoms with Gasteiger partial charge in [-0.2, -0.15) is 0 Å². The van der Waals surface area contributed by atoms with Crippen LogP contribution in [-0.2, 0) is 27.3 Å². The molecule has 10 rings (SSSR count). The van der Waals surface area contributed by atoms with Crippen molar-refractivity contribution in [3.8, 4) is 50.3 Å². The number of carboxylic acids is 1. The second-order valence-corrected chi connectivity index (χ2v) is 19.7. The van der Waals surface area contributed by atoms with Crippen molar-refractivity contribution in [2.75, 3.05) is 6.61 Å². The second kappa shape index (κ2) is 20.9. The van der Waals surface area contributed by atoms with E-state index in [1.54, 1.807) is 85.8 Å². The molecule has 0 fully saturated rings. The van der Waals surface area contributed by atoms with Crippen molar-refractivity contribution in [2.45, 2.75) is 25.2 Å². The molecule has 0 amide bonds. The molecule has 3 aromatic heterocycles. The van der Waals surface area contributed by atoms with Crippen molar-refractivity contribution in [2.24, 2.45) is 0 Å².